The topological polar surface area (TPSA) is 21.3 Å². The van der Waals surface area contributed by atoms with E-state index in [-0.39, 0.29) is 11.5 Å². The molecule has 0 aliphatic rings. The Kier molecular flexibility index (Phi) is 5.86. The molecule has 2 heteroatoms. The van der Waals surface area contributed by atoms with Gasteiger partial charge in [-0.05, 0) is 49.9 Å². The van der Waals surface area contributed by atoms with Crippen LogP contribution in [0.15, 0.2) is 24.3 Å². The molecule has 1 unspecified atom stereocenters. The zero-order valence-electron chi connectivity index (χ0n) is 13.3. The van der Waals surface area contributed by atoms with Gasteiger partial charge in [-0.1, -0.05) is 39.8 Å². The van der Waals surface area contributed by atoms with Crippen molar-refractivity contribution in [3.05, 3.63) is 29.8 Å². The second kappa shape index (κ2) is 6.95. The minimum Gasteiger partial charge on any atom is -0.491 e. The van der Waals surface area contributed by atoms with Crippen LogP contribution in [0.1, 0.15) is 59.6 Å². The van der Waals surface area contributed by atoms with Gasteiger partial charge in [0, 0.05) is 6.04 Å². The average molecular weight is 263 g/mol. The summed E-state index contributed by atoms with van der Waals surface area (Å²) in [6.07, 6.45) is 1.35. The Bertz CT molecular complexity index is 385. The van der Waals surface area contributed by atoms with Crippen molar-refractivity contribution < 1.29 is 4.74 Å². The highest BCUT2D eigenvalue weighted by atomic mass is 16.5. The molecule has 0 aliphatic heterocycles. The third kappa shape index (κ3) is 4.54. The summed E-state index contributed by atoms with van der Waals surface area (Å²) in [4.78, 5) is 0. The summed E-state index contributed by atoms with van der Waals surface area (Å²) < 4.78 is 5.80. The van der Waals surface area contributed by atoms with E-state index in [0.29, 0.717) is 6.04 Å². The maximum atomic E-state index is 5.80. The minimum absolute atomic E-state index is 0.215. The van der Waals surface area contributed by atoms with Crippen LogP contribution in [-0.4, -0.2) is 12.6 Å². The molecule has 0 radical (unpaired) electrons. The molecule has 2 nitrogen and oxygen atoms in total. The van der Waals surface area contributed by atoms with Crippen LogP contribution in [-0.2, 0) is 0 Å². The van der Waals surface area contributed by atoms with Gasteiger partial charge in [-0.2, -0.15) is 0 Å². The molecule has 0 amide bonds. The van der Waals surface area contributed by atoms with Crippen molar-refractivity contribution >= 4 is 0 Å². The highest BCUT2D eigenvalue weighted by Gasteiger charge is 2.28. The normalized spacial score (nSPS) is 13.6. The van der Waals surface area contributed by atoms with Crippen molar-refractivity contribution in [2.75, 3.05) is 6.54 Å². The predicted molar refractivity (Wildman–Crippen MR) is 82.7 cm³/mol. The van der Waals surface area contributed by atoms with Crippen molar-refractivity contribution in [3.63, 3.8) is 0 Å². The monoisotopic (exact) mass is 263 g/mol. The zero-order valence-corrected chi connectivity index (χ0v) is 13.3. The van der Waals surface area contributed by atoms with Crippen LogP contribution in [0, 0.1) is 5.41 Å². The molecule has 19 heavy (non-hydrogen) atoms. The van der Waals surface area contributed by atoms with Crippen molar-refractivity contribution in [2.24, 2.45) is 5.41 Å². The van der Waals surface area contributed by atoms with Crippen LogP contribution in [0.2, 0.25) is 0 Å². The van der Waals surface area contributed by atoms with Crippen molar-refractivity contribution in [3.8, 4) is 5.75 Å². The standard InChI is InChI=1S/C17H29NO/c1-7-17(5,6)16(18-8-2)14-10-9-11-15(12-14)19-13(3)4/h9-13,16,18H,7-8H2,1-6H3. The molecule has 0 aromatic heterocycles. The Labute approximate surface area is 118 Å². The lowest BCUT2D eigenvalue weighted by atomic mass is 9.78. The molecule has 0 heterocycles. The summed E-state index contributed by atoms with van der Waals surface area (Å²) >= 11 is 0. The van der Waals surface area contributed by atoms with E-state index in [1.807, 2.05) is 6.07 Å². The van der Waals surface area contributed by atoms with E-state index >= 15 is 0 Å². The third-order valence-electron chi connectivity index (χ3n) is 3.66. The summed E-state index contributed by atoms with van der Waals surface area (Å²) in [5, 5.41) is 3.62. The van der Waals surface area contributed by atoms with Crippen LogP contribution in [0.5, 0.6) is 5.75 Å². The summed E-state index contributed by atoms with van der Waals surface area (Å²) in [5.41, 5.74) is 1.54. The highest BCUT2D eigenvalue weighted by molar-refractivity contribution is 5.31. The van der Waals surface area contributed by atoms with Crippen LogP contribution in [0.25, 0.3) is 0 Å². The fourth-order valence-corrected chi connectivity index (χ4v) is 2.29. The van der Waals surface area contributed by atoms with Crippen molar-refractivity contribution in [1.82, 2.24) is 5.32 Å². The third-order valence-corrected chi connectivity index (χ3v) is 3.66. The van der Waals surface area contributed by atoms with E-state index in [2.05, 4.69) is 65.1 Å². The number of hydrogen-bond donors (Lipinski definition) is 1. The molecule has 1 aromatic rings. The summed E-state index contributed by atoms with van der Waals surface area (Å²) in [6, 6.07) is 8.84. The minimum atomic E-state index is 0.215. The lowest BCUT2D eigenvalue weighted by Crippen LogP contribution is -2.33. The summed E-state index contributed by atoms with van der Waals surface area (Å²) in [7, 11) is 0. The lowest BCUT2D eigenvalue weighted by Gasteiger charge is -2.34. The smallest absolute Gasteiger partial charge is 0.120 e. The Hall–Kier alpha value is -1.02. The fourth-order valence-electron chi connectivity index (χ4n) is 2.29. The highest BCUT2D eigenvalue weighted by Crippen LogP contribution is 2.37. The quantitative estimate of drug-likeness (QED) is 0.778. The molecule has 1 atom stereocenters. The molecule has 1 rings (SSSR count). The number of ether oxygens (including phenoxy) is 1. The molecular weight excluding hydrogens is 234 g/mol. The average Bonchev–Trinajstić information content (AvgIpc) is 2.35. The first-order valence-corrected chi connectivity index (χ1v) is 7.40. The first-order chi connectivity index (χ1) is 8.90. The van der Waals surface area contributed by atoms with E-state index in [9.17, 15) is 0 Å². The van der Waals surface area contributed by atoms with Crippen molar-refractivity contribution in [1.29, 1.82) is 0 Å². The molecular formula is C17H29NO. The van der Waals surface area contributed by atoms with Gasteiger partial charge in [-0.3, -0.25) is 0 Å². The van der Waals surface area contributed by atoms with Crippen molar-refractivity contribution in [2.45, 2.75) is 60.1 Å². The molecule has 108 valence electrons. The molecule has 0 fully saturated rings. The maximum Gasteiger partial charge on any atom is 0.120 e. The Morgan fingerprint density at radius 1 is 1.21 bits per heavy atom. The largest absolute Gasteiger partial charge is 0.491 e. The number of hydrogen-bond acceptors (Lipinski definition) is 2. The second-order valence-electron chi connectivity index (χ2n) is 6.07. The second-order valence-corrected chi connectivity index (χ2v) is 6.07. The fraction of sp³-hybridized carbons (Fsp3) is 0.647. The molecule has 0 bridgehead atoms. The molecule has 0 aliphatic carbocycles. The number of benzene rings is 1. The lowest BCUT2D eigenvalue weighted by molar-refractivity contribution is 0.230. The molecule has 1 N–H and O–H groups in total. The Morgan fingerprint density at radius 3 is 2.42 bits per heavy atom. The van der Waals surface area contributed by atoms with Crippen LogP contribution < -0.4 is 10.1 Å². The summed E-state index contributed by atoms with van der Waals surface area (Å²) in [6.45, 7) is 14.1. The Balaban J connectivity index is 3.02. The van der Waals surface area contributed by atoms with Gasteiger partial charge in [-0.15, -0.1) is 0 Å². The number of rotatable bonds is 7. The first kappa shape index (κ1) is 16.0. The molecule has 0 saturated carbocycles. The van der Waals surface area contributed by atoms with Gasteiger partial charge in [-0.25, -0.2) is 0 Å². The predicted octanol–water partition coefficient (Wildman–Crippen LogP) is 4.56. The van der Waals surface area contributed by atoms with Gasteiger partial charge in [0.05, 0.1) is 6.10 Å². The molecule has 0 spiro atoms. The SMILES string of the molecule is CCNC(c1cccc(OC(C)C)c1)C(C)(C)CC. The van der Waals surface area contributed by atoms with E-state index in [0.717, 1.165) is 18.7 Å². The van der Waals surface area contributed by atoms with Gasteiger partial charge >= 0.3 is 0 Å². The van der Waals surface area contributed by atoms with Crippen LogP contribution >= 0.6 is 0 Å². The van der Waals surface area contributed by atoms with Gasteiger partial charge < -0.3 is 10.1 Å². The van der Waals surface area contributed by atoms with Gasteiger partial charge in [0.2, 0.25) is 0 Å². The van der Waals surface area contributed by atoms with Crippen LogP contribution in [0.3, 0.4) is 0 Å². The first-order valence-electron chi connectivity index (χ1n) is 7.40. The molecule has 1 aromatic carbocycles. The van der Waals surface area contributed by atoms with E-state index in [1.54, 1.807) is 0 Å². The Morgan fingerprint density at radius 2 is 1.89 bits per heavy atom. The zero-order chi connectivity index (χ0) is 14.5. The number of nitrogens with one attached hydrogen (secondary N) is 1. The van der Waals surface area contributed by atoms with Crippen LogP contribution in [0.4, 0.5) is 0 Å². The summed E-state index contributed by atoms with van der Waals surface area (Å²) in [5.74, 6) is 0.960. The van der Waals surface area contributed by atoms with E-state index < -0.39 is 0 Å². The van der Waals surface area contributed by atoms with Gasteiger partial charge in [0.1, 0.15) is 5.75 Å². The molecule has 0 saturated heterocycles. The van der Waals surface area contributed by atoms with E-state index in [4.69, 9.17) is 4.74 Å². The van der Waals surface area contributed by atoms with Gasteiger partial charge in [0.25, 0.3) is 0 Å². The maximum absolute atomic E-state index is 5.80. The van der Waals surface area contributed by atoms with Gasteiger partial charge in [0.15, 0.2) is 0 Å². The van der Waals surface area contributed by atoms with E-state index in [1.165, 1.54) is 5.56 Å².